The van der Waals surface area contributed by atoms with Crippen LogP contribution in [-0.4, -0.2) is 66.0 Å². The smallest absolute Gasteiger partial charge is 0.295 e. The number of aliphatic hydroxyl groups is 1. The van der Waals surface area contributed by atoms with Crippen molar-refractivity contribution in [1.29, 1.82) is 0 Å². The van der Waals surface area contributed by atoms with Crippen molar-refractivity contribution < 1.29 is 24.2 Å². The zero-order valence-corrected chi connectivity index (χ0v) is 21.8. The minimum absolute atomic E-state index is 0.0906. The molecule has 0 aromatic heterocycles. The minimum atomic E-state index is -0.732. The van der Waals surface area contributed by atoms with E-state index in [1.807, 2.05) is 31.2 Å². The molecule has 1 amide bonds. The van der Waals surface area contributed by atoms with Crippen LogP contribution in [0.4, 0.5) is 0 Å². The summed E-state index contributed by atoms with van der Waals surface area (Å²) in [6.07, 6.45) is 1.94. The number of benzene rings is 2. The molecule has 7 nitrogen and oxygen atoms in total. The van der Waals surface area contributed by atoms with Crippen LogP contribution in [0.3, 0.4) is 0 Å². The Morgan fingerprint density at radius 2 is 1.69 bits per heavy atom. The third-order valence-corrected chi connectivity index (χ3v) is 6.48. The van der Waals surface area contributed by atoms with Gasteiger partial charge in [0.25, 0.3) is 11.7 Å². The fourth-order valence-electron chi connectivity index (χ4n) is 4.41. The second-order valence-electron chi connectivity index (χ2n) is 8.73. The van der Waals surface area contributed by atoms with Crippen molar-refractivity contribution in [2.75, 3.05) is 39.4 Å². The molecule has 0 saturated carbocycles. The van der Waals surface area contributed by atoms with Crippen molar-refractivity contribution in [3.63, 3.8) is 0 Å². The number of carbonyl (C=O) groups excluding carboxylic acids is 2. The molecule has 1 unspecified atom stereocenters. The molecule has 1 saturated heterocycles. The number of nitrogens with zero attached hydrogens (tertiary/aromatic N) is 2. The van der Waals surface area contributed by atoms with E-state index < -0.39 is 17.7 Å². The number of ketones is 1. The zero-order valence-electron chi connectivity index (χ0n) is 21.8. The summed E-state index contributed by atoms with van der Waals surface area (Å²) in [5.41, 5.74) is 1.28. The van der Waals surface area contributed by atoms with Gasteiger partial charge in [0.15, 0.2) is 11.5 Å². The number of aliphatic hydroxyl groups excluding tert-OH is 1. The summed E-state index contributed by atoms with van der Waals surface area (Å²) < 4.78 is 11.8. The lowest BCUT2D eigenvalue weighted by Crippen LogP contribution is -2.38. The average Bonchev–Trinajstić information content (AvgIpc) is 3.15. The first-order chi connectivity index (χ1) is 17.5. The summed E-state index contributed by atoms with van der Waals surface area (Å²) in [5.74, 6) is -0.282. The monoisotopic (exact) mass is 494 g/mol. The average molecular weight is 495 g/mol. The Kier molecular flexibility index (Phi) is 9.94. The molecule has 1 aliphatic heterocycles. The molecule has 1 N–H and O–H groups in total. The number of carbonyl (C=O) groups is 2. The fourth-order valence-corrected chi connectivity index (χ4v) is 4.41. The standard InChI is InChI=1S/C29H38N2O5/c1-5-9-19-36-23-16-15-22(20-24(23)35-8-4)26-25(27(32)21-13-11-10-12-14-21)28(33)29(34)31(26)18-17-30(6-2)7-3/h10-16,20,26,32H,5-9,17-19H2,1-4H3/b27-25+. The van der Waals surface area contributed by atoms with Gasteiger partial charge >= 0.3 is 0 Å². The molecule has 3 rings (SSSR count). The second-order valence-corrected chi connectivity index (χ2v) is 8.73. The molecule has 1 fully saturated rings. The van der Waals surface area contributed by atoms with Crippen LogP contribution in [0.2, 0.25) is 0 Å². The van der Waals surface area contributed by atoms with Crippen molar-refractivity contribution in [3.05, 3.63) is 65.2 Å². The zero-order chi connectivity index (χ0) is 26.1. The van der Waals surface area contributed by atoms with Crippen LogP contribution in [0.25, 0.3) is 5.76 Å². The number of likely N-dealkylation sites (N-methyl/N-ethyl adjacent to an activating group) is 1. The highest BCUT2D eigenvalue weighted by Crippen LogP contribution is 2.42. The van der Waals surface area contributed by atoms with E-state index in [-0.39, 0.29) is 11.3 Å². The molecule has 2 aromatic rings. The van der Waals surface area contributed by atoms with Crippen LogP contribution in [-0.2, 0) is 9.59 Å². The lowest BCUT2D eigenvalue weighted by molar-refractivity contribution is -0.140. The SMILES string of the molecule is CCCCOc1ccc(C2/C(=C(\O)c3ccccc3)C(=O)C(=O)N2CCN(CC)CC)cc1OCC. The lowest BCUT2D eigenvalue weighted by atomic mass is 9.95. The van der Waals surface area contributed by atoms with Gasteiger partial charge in [-0.1, -0.05) is 63.6 Å². The molecular formula is C29H38N2O5. The normalized spacial score (nSPS) is 17.1. The molecule has 194 valence electrons. The maximum Gasteiger partial charge on any atom is 0.295 e. The third-order valence-electron chi connectivity index (χ3n) is 6.48. The van der Waals surface area contributed by atoms with Crippen LogP contribution in [0.15, 0.2) is 54.1 Å². The molecule has 0 bridgehead atoms. The molecular weight excluding hydrogens is 456 g/mol. The van der Waals surface area contributed by atoms with Crippen molar-refractivity contribution in [2.45, 2.75) is 46.6 Å². The lowest BCUT2D eigenvalue weighted by Gasteiger charge is -2.28. The van der Waals surface area contributed by atoms with Crippen molar-refractivity contribution in [3.8, 4) is 11.5 Å². The van der Waals surface area contributed by atoms with E-state index >= 15 is 0 Å². The van der Waals surface area contributed by atoms with E-state index in [0.717, 1.165) is 25.9 Å². The summed E-state index contributed by atoms with van der Waals surface area (Å²) in [4.78, 5) is 30.3. The maximum absolute atomic E-state index is 13.3. The molecule has 2 aromatic carbocycles. The van der Waals surface area contributed by atoms with Crippen LogP contribution >= 0.6 is 0 Å². The van der Waals surface area contributed by atoms with Gasteiger partial charge in [0, 0.05) is 18.7 Å². The first-order valence-corrected chi connectivity index (χ1v) is 12.9. The quantitative estimate of drug-likeness (QED) is 0.182. The van der Waals surface area contributed by atoms with Crippen molar-refractivity contribution in [1.82, 2.24) is 9.80 Å². The number of hydrogen-bond acceptors (Lipinski definition) is 6. The van der Waals surface area contributed by atoms with Crippen LogP contribution in [0.5, 0.6) is 11.5 Å². The van der Waals surface area contributed by atoms with E-state index in [9.17, 15) is 14.7 Å². The predicted octanol–water partition coefficient (Wildman–Crippen LogP) is 5.03. The molecule has 0 aliphatic carbocycles. The van der Waals surface area contributed by atoms with E-state index in [4.69, 9.17) is 9.47 Å². The van der Waals surface area contributed by atoms with Gasteiger partial charge in [-0.3, -0.25) is 9.59 Å². The third kappa shape index (κ3) is 6.08. The molecule has 36 heavy (non-hydrogen) atoms. The van der Waals surface area contributed by atoms with Gasteiger partial charge in [-0.2, -0.15) is 0 Å². The van der Waals surface area contributed by atoms with E-state index in [0.29, 0.717) is 48.9 Å². The van der Waals surface area contributed by atoms with Crippen LogP contribution in [0.1, 0.15) is 57.7 Å². The van der Waals surface area contributed by atoms with Crippen LogP contribution < -0.4 is 9.47 Å². The molecule has 0 spiro atoms. The van der Waals surface area contributed by atoms with Gasteiger partial charge in [-0.25, -0.2) is 0 Å². The molecule has 1 heterocycles. The summed E-state index contributed by atoms with van der Waals surface area (Å²) in [7, 11) is 0. The first kappa shape index (κ1) is 27.3. The number of hydrogen-bond donors (Lipinski definition) is 1. The number of rotatable bonds is 13. The Balaban J connectivity index is 2.09. The van der Waals surface area contributed by atoms with Crippen molar-refractivity contribution >= 4 is 17.4 Å². The maximum atomic E-state index is 13.3. The second kappa shape index (κ2) is 13.1. The van der Waals surface area contributed by atoms with E-state index in [2.05, 4.69) is 25.7 Å². The number of Topliss-reactive ketones (excluding diaryl/α,β-unsaturated/α-hetero) is 1. The fraction of sp³-hybridized carbons (Fsp3) is 0.448. The van der Waals surface area contributed by atoms with Gasteiger partial charge in [0.2, 0.25) is 0 Å². The van der Waals surface area contributed by atoms with Crippen LogP contribution in [0, 0.1) is 0 Å². The molecule has 1 atom stereocenters. The largest absolute Gasteiger partial charge is 0.507 e. The van der Waals surface area contributed by atoms with E-state index in [1.54, 1.807) is 29.2 Å². The van der Waals surface area contributed by atoms with E-state index in [1.165, 1.54) is 0 Å². The summed E-state index contributed by atoms with van der Waals surface area (Å²) in [5, 5.41) is 11.2. The van der Waals surface area contributed by atoms with Gasteiger partial charge in [0.05, 0.1) is 24.8 Å². The Labute approximate surface area is 214 Å². The highest BCUT2D eigenvalue weighted by Gasteiger charge is 2.46. The highest BCUT2D eigenvalue weighted by atomic mass is 16.5. The Morgan fingerprint density at radius 3 is 2.33 bits per heavy atom. The summed E-state index contributed by atoms with van der Waals surface area (Å²) in [6.45, 7) is 11.8. The Morgan fingerprint density at radius 1 is 0.972 bits per heavy atom. The molecule has 1 aliphatic rings. The van der Waals surface area contributed by atoms with Gasteiger partial charge in [0.1, 0.15) is 5.76 Å². The van der Waals surface area contributed by atoms with Gasteiger partial charge < -0.3 is 24.4 Å². The van der Waals surface area contributed by atoms with Crippen molar-refractivity contribution in [2.24, 2.45) is 0 Å². The summed E-state index contributed by atoms with van der Waals surface area (Å²) >= 11 is 0. The van der Waals surface area contributed by atoms with Gasteiger partial charge in [-0.05, 0) is 44.1 Å². The number of amides is 1. The molecule has 7 heteroatoms. The molecule has 0 radical (unpaired) electrons. The number of unbranched alkanes of at least 4 members (excludes halogenated alkanes) is 1. The summed E-state index contributed by atoms with van der Waals surface area (Å²) in [6, 6.07) is 13.6. The Bertz CT molecular complexity index is 1060. The topological polar surface area (TPSA) is 79.3 Å². The first-order valence-electron chi connectivity index (χ1n) is 12.9. The highest BCUT2D eigenvalue weighted by molar-refractivity contribution is 6.46. The number of likely N-dealkylation sites (tertiary alicyclic amines) is 1. The minimum Gasteiger partial charge on any atom is -0.507 e. The number of ether oxygens (including phenoxy) is 2. The predicted molar refractivity (Wildman–Crippen MR) is 141 cm³/mol. The van der Waals surface area contributed by atoms with Gasteiger partial charge in [-0.15, -0.1) is 0 Å². The Hall–Kier alpha value is -3.32.